The van der Waals surface area contributed by atoms with E-state index in [1.165, 1.54) is 22.3 Å². The Morgan fingerprint density at radius 3 is 2.00 bits per heavy atom. The minimum absolute atomic E-state index is 0.525. The number of carboxylic acids is 1. The van der Waals surface area contributed by atoms with Gasteiger partial charge in [-0.15, -0.1) is 0 Å². The molecular formula is C28H44N2O2S. The molecular weight excluding hydrogens is 428 g/mol. The summed E-state index contributed by atoms with van der Waals surface area (Å²) in [6.07, 6.45) is 17.8. The van der Waals surface area contributed by atoms with E-state index in [0.29, 0.717) is 5.75 Å². The summed E-state index contributed by atoms with van der Waals surface area (Å²) < 4.78 is 0. The van der Waals surface area contributed by atoms with E-state index in [0.717, 1.165) is 55.7 Å². The maximum Gasteiger partial charge on any atom is 0.327 e. The minimum atomic E-state index is -0.825. The summed E-state index contributed by atoms with van der Waals surface area (Å²) >= 11 is 1.65. The van der Waals surface area contributed by atoms with Crippen molar-refractivity contribution in [1.29, 1.82) is 0 Å². The summed E-state index contributed by atoms with van der Waals surface area (Å²) in [6.45, 7) is 12.9. The molecule has 3 N–H and O–H groups in total. The van der Waals surface area contributed by atoms with Crippen molar-refractivity contribution in [3.8, 4) is 0 Å². The molecule has 0 aliphatic carbocycles. The highest BCUT2D eigenvalue weighted by Crippen LogP contribution is 2.15. The molecule has 4 nitrogen and oxygen atoms in total. The third kappa shape index (κ3) is 14.6. The number of thioether (sulfide) groups is 1. The highest BCUT2D eigenvalue weighted by atomic mass is 32.2. The van der Waals surface area contributed by atoms with Gasteiger partial charge in [0, 0.05) is 17.7 Å². The van der Waals surface area contributed by atoms with Crippen LogP contribution in [0.1, 0.15) is 78.7 Å². The summed E-state index contributed by atoms with van der Waals surface area (Å²) in [4.78, 5) is 14.6. The van der Waals surface area contributed by atoms with Crippen molar-refractivity contribution in [3.05, 3.63) is 64.4 Å². The normalized spacial score (nSPS) is 13.7. The molecule has 1 atom stereocenters. The molecule has 33 heavy (non-hydrogen) atoms. The Morgan fingerprint density at radius 1 is 0.970 bits per heavy atom. The van der Waals surface area contributed by atoms with Gasteiger partial charge in [-0.1, -0.05) is 46.6 Å². The molecule has 1 aromatic heterocycles. The van der Waals surface area contributed by atoms with Crippen molar-refractivity contribution in [2.75, 3.05) is 16.8 Å². The molecule has 0 spiro atoms. The largest absolute Gasteiger partial charge is 0.480 e. The SMILES string of the molecule is CC(C)=CCCC(C)=CCCC(C)=CCCC(C)=CCSCC(Nc1cc(C)c[nH]1)C(=O)O. The van der Waals surface area contributed by atoms with Crippen molar-refractivity contribution in [2.24, 2.45) is 0 Å². The molecule has 0 amide bonds. The zero-order valence-corrected chi connectivity index (χ0v) is 22.3. The number of hydrogen-bond donors (Lipinski definition) is 3. The number of carboxylic acid groups (broad SMARTS) is 1. The zero-order chi connectivity index (χ0) is 24.6. The third-order valence-corrected chi connectivity index (χ3v) is 6.41. The minimum Gasteiger partial charge on any atom is -0.480 e. The molecule has 1 heterocycles. The zero-order valence-electron chi connectivity index (χ0n) is 21.5. The predicted octanol–water partition coefficient (Wildman–Crippen LogP) is 8.07. The molecule has 5 heteroatoms. The van der Waals surface area contributed by atoms with Gasteiger partial charge in [-0.3, -0.25) is 0 Å². The fraction of sp³-hybridized carbons (Fsp3) is 0.536. The number of aromatic nitrogens is 1. The van der Waals surface area contributed by atoms with E-state index in [4.69, 9.17) is 0 Å². The van der Waals surface area contributed by atoms with Crippen LogP contribution in [0.25, 0.3) is 0 Å². The quantitative estimate of drug-likeness (QED) is 0.168. The van der Waals surface area contributed by atoms with Crippen LogP contribution in [0.5, 0.6) is 0 Å². The molecule has 1 rings (SSSR count). The smallest absolute Gasteiger partial charge is 0.327 e. The van der Waals surface area contributed by atoms with Crippen molar-refractivity contribution in [1.82, 2.24) is 4.98 Å². The number of rotatable bonds is 16. The second-order valence-corrected chi connectivity index (χ2v) is 10.3. The van der Waals surface area contributed by atoms with Gasteiger partial charge < -0.3 is 15.4 Å². The molecule has 0 aliphatic rings. The Morgan fingerprint density at radius 2 is 1.52 bits per heavy atom. The van der Waals surface area contributed by atoms with Crippen molar-refractivity contribution in [3.63, 3.8) is 0 Å². The van der Waals surface area contributed by atoms with Gasteiger partial charge in [0.2, 0.25) is 0 Å². The van der Waals surface area contributed by atoms with Crippen LogP contribution in [0.2, 0.25) is 0 Å². The first-order valence-corrected chi connectivity index (χ1v) is 13.1. The monoisotopic (exact) mass is 472 g/mol. The van der Waals surface area contributed by atoms with Gasteiger partial charge in [0.15, 0.2) is 0 Å². The van der Waals surface area contributed by atoms with Gasteiger partial charge in [0.1, 0.15) is 11.9 Å². The number of aryl methyl sites for hydroxylation is 1. The maximum atomic E-state index is 11.5. The average Bonchev–Trinajstić information content (AvgIpc) is 3.14. The Hall–Kier alpha value is -2.14. The Balaban J connectivity index is 2.27. The van der Waals surface area contributed by atoms with Gasteiger partial charge >= 0.3 is 5.97 Å². The summed E-state index contributed by atoms with van der Waals surface area (Å²) in [6, 6.07) is 1.32. The first-order chi connectivity index (χ1) is 15.7. The fourth-order valence-electron chi connectivity index (χ4n) is 3.32. The maximum absolute atomic E-state index is 11.5. The number of carbonyl (C=O) groups is 1. The van der Waals surface area contributed by atoms with E-state index >= 15 is 0 Å². The van der Waals surface area contributed by atoms with Gasteiger partial charge in [0.25, 0.3) is 0 Å². The highest BCUT2D eigenvalue weighted by molar-refractivity contribution is 7.99. The summed E-state index contributed by atoms with van der Waals surface area (Å²) in [5, 5.41) is 12.5. The number of aromatic amines is 1. The molecule has 0 saturated carbocycles. The fourth-order valence-corrected chi connectivity index (χ4v) is 4.32. The second kappa shape index (κ2) is 16.5. The first kappa shape index (κ1) is 28.9. The molecule has 0 aliphatic heterocycles. The second-order valence-electron chi connectivity index (χ2n) is 9.21. The molecule has 1 unspecified atom stereocenters. The Labute approximate surface area is 205 Å². The van der Waals surface area contributed by atoms with Crippen LogP contribution in [0.4, 0.5) is 5.82 Å². The van der Waals surface area contributed by atoms with E-state index in [-0.39, 0.29) is 0 Å². The Bertz CT molecular complexity index is 842. The number of nitrogens with one attached hydrogen (secondary N) is 2. The highest BCUT2D eigenvalue weighted by Gasteiger charge is 2.17. The standard InChI is InChI=1S/C28H44N2O2S/c1-21(2)10-7-11-22(3)12-8-13-23(4)14-9-15-24(5)16-17-33-20-26(28(31)32)30-27-18-25(6)19-29-27/h10,12,14,16,18-19,26,29-30H,7-9,11,13,15,17,20H2,1-6H3,(H,31,32). The number of hydrogen-bond acceptors (Lipinski definition) is 3. The number of anilines is 1. The summed E-state index contributed by atoms with van der Waals surface area (Å²) in [5.74, 6) is 1.29. The lowest BCUT2D eigenvalue weighted by Crippen LogP contribution is -2.31. The molecule has 0 saturated heterocycles. The first-order valence-electron chi connectivity index (χ1n) is 12.0. The van der Waals surface area contributed by atoms with E-state index in [9.17, 15) is 9.90 Å². The lowest BCUT2D eigenvalue weighted by Gasteiger charge is -2.13. The van der Waals surface area contributed by atoms with E-state index < -0.39 is 12.0 Å². The van der Waals surface area contributed by atoms with Crippen molar-refractivity contribution >= 4 is 23.5 Å². The predicted molar refractivity (Wildman–Crippen MR) is 146 cm³/mol. The van der Waals surface area contributed by atoms with Gasteiger partial charge in [0.05, 0.1) is 0 Å². The van der Waals surface area contributed by atoms with Gasteiger partial charge in [-0.25, -0.2) is 4.79 Å². The van der Waals surface area contributed by atoms with E-state index in [1.54, 1.807) is 11.8 Å². The van der Waals surface area contributed by atoms with Crippen molar-refractivity contribution < 1.29 is 9.90 Å². The molecule has 0 aromatic carbocycles. The van der Waals surface area contributed by atoms with Crippen LogP contribution in [-0.2, 0) is 4.79 Å². The topological polar surface area (TPSA) is 65.1 Å². The van der Waals surface area contributed by atoms with Gasteiger partial charge in [-0.2, -0.15) is 11.8 Å². The van der Waals surface area contributed by atoms with Crippen LogP contribution >= 0.6 is 11.8 Å². The molecule has 1 aromatic rings. The van der Waals surface area contributed by atoms with Crippen molar-refractivity contribution in [2.45, 2.75) is 86.1 Å². The number of allylic oxidation sites excluding steroid dienone is 7. The van der Waals surface area contributed by atoms with Crippen LogP contribution in [0.15, 0.2) is 58.9 Å². The van der Waals surface area contributed by atoms with Crippen LogP contribution in [-0.4, -0.2) is 33.6 Å². The van der Waals surface area contributed by atoms with Crippen LogP contribution in [0.3, 0.4) is 0 Å². The Kier molecular flexibility index (Phi) is 14.4. The van der Waals surface area contributed by atoms with E-state index in [1.807, 2.05) is 19.2 Å². The summed E-state index contributed by atoms with van der Waals surface area (Å²) in [7, 11) is 0. The van der Waals surface area contributed by atoms with Crippen LogP contribution < -0.4 is 5.32 Å². The molecule has 184 valence electrons. The van der Waals surface area contributed by atoms with E-state index in [2.05, 4.69) is 69.2 Å². The van der Waals surface area contributed by atoms with Crippen LogP contribution in [0, 0.1) is 6.92 Å². The summed E-state index contributed by atoms with van der Waals surface area (Å²) in [5.41, 5.74) is 6.79. The number of H-pyrrole nitrogens is 1. The van der Waals surface area contributed by atoms with Gasteiger partial charge in [-0.05, 0) is 91.7 Å². The molecule has 0 radical (unpaired) electrons. The molecule has 0 fully saturated rings. The average molecular weight is 473 g/mol. The lowest BCUT2D eigenvalue weighted by molar-refractivity contribution is -0.137. The number of aliphatic carboxylic acids is 1. The third-order valence-electron chi connectivity index (χ3n) is 5.44. The lowest BCUT2D eigenvalue weighted by atomic mass is 10.0. The molecule has 0 bridgehead atoms.